The first kappa shape index (κ1) is 20.8. The van der Waals surface area contributed by atoms with Crippen molar-refractivity contribution in [1.82, 2.24) is 15.5 Å². The number of ether oxygens (including phenoxy) is 1. The number of carbonyl (C=O) groups excluding carboxylic acids is 2. The van der Waals surface area contributed by atoms with E-state index in [0.717, 1.165) is 6.07 Å². The third kappa shape index (κ3) is 4.51. The van der Waals surface area contributed by atoms with Crippen LogP contribution < -0.4 is 10.6 Å². The highest BCUT2D eigenvalue weighted by molar-refractivity contribution is 6.31. The molecular formula is C21H17ClF2N4O3. The molecule has 1 atom stereocenters. The number of anilines is 1. The lowest BCUT2D eigenvalue weighted by molar-refractivity contribution is 0.102. The first-order valence-corrected chi connectivity index (χ1v) is 9.80. The predicted molar refractivity (Wildman–Crippen MR) is 109 cm³/mol. The highest BCUT2D eigenvalue weighted by Gasteiger charge is 2.31. The fourth-order valence-electron chi connectivity index (χ4n) is 3.54. The van der Waals surface area contributed by atoms with Gasteiger partial charge in [-0.25, -0.2) is 13.6 Å². The van der Waals surface area contributed by atoms with Crippen LogP contribution in [0.4, 0.5) is 19.3 Å². The number of nitrogens with one attached hydrogen (secondary N) is 3. The summed E-state index contributed by atoms with van der Waals surface area (Å²) in [5.41, 5.74) is 1.88. The summed E-state index contributed by atoms with van der Waals surface area (Å²) in [5, 5.41) is 11.6. The quantitative estimate of drug-likeness (QED) is 0.537. The van der Waals surface area contributed by atoms with Crippen molar-refractivity contribution in [3.63, 3.8) is 0 Å². The van der Waals surface area contributed by atoms with Crippen LogP contribution in [0.3, 0.4) is 0 Å². The number of amides is 2. The Morgan fingerprint density at radius 1 is 1.19 bits per heavy atom. The summed E-state index contributed by atoms with van der Waals surface area (Å²) >= 11 is 5.75. The number of halogens is 3. The van der Waals surface area contributed by atoms with Crippen LogP contribution in [0.2, 0.25) is 5.02 Å². The Balaban J connectivity index is 1.48. The van der Waals surface area contributed by atoms with E-state index in [1.54, 1.807) is 12.3 Å². The summed E-state index contributed by atoms with van der Waals surface area (Å²) in [6, 6.07) is 7.40. The summed E-state index contributed by atoms with van der Waals surface area (Å²) in [6.07, 6.45) is 1.70. The molecule has 2 amide bonds. The lowest BCUT2D eigenvalue weighted by Crippen LogP contribution is -2.28. The van der Waals surface area contributed by atoms with Crippen LogP contribution in [-0.4, -0.2) is 22.2 Å². The van der Waals surface area contributed by atoms with Crippen molar-refractivity contribution >= 4 is 29.3 Å². The minimum Gasteiger partial charge on any atom is -0.443 e. The molecule has 0 saturated heterocycles. The molecule has 31 heavy (non-hydrogen) atoms. The second kappa shape index (κ2) is 8.73. The number of fused-ring (bicyclic) bond motifs is 1. The molecule has 0 bridgehead atoms. The molecule has 0 radical (unpaired) electrons. The number of hydrogen-bond donors (Lipinski definition) is 3. The Labute approximate surface area is 180 Å². The molecule has 1 aliphatic rings. The normalized spacial score (nSPS) is 14.7. The van der Waals surface area contributed by atoms with Gasteiger partial charge in [0, 0.05) is 23.0 Å². The lowest BCUT2D eigenvalue weighted by Gasteiger charge is -2.16. The van der Waals surface area contributed by atoms with Crippen molar-refractivity contribution in [3.05, 3.63) is 81.6 Å². The fourth-order valence-corrected chi connectivity index (χ4v) is 3.72. The summed E-state index contributed by atoms with van der Waals surface area (Å²) in [5.74, 6) is -1.61. The maximum atomic E-state index is 14.6. The van der Waals surface area contributed by atoms with Crippen LogP contribution in [0.25, 0.3) is 0 Å². The summed E-state index contributed by atoms with van der Waals surface area (Å²) in [7, 11) is 0. The molecule has 0 spiro atoms. The van der Waals surface area contributed by atoms with Crippen LogP contribution >= 0.6 is 11.6 Å². The number of alkyl carbamates (subject to hydrolysis) is 1. The Hall–Kier alpha value is -3.46. The Bertz CT molecular complexity index is 1140. The van der Waals surface area contributed by atoms with Crippen molar-refractivity contribution in [2.45, 2.75) is 25.5 Å². The second-order valence-electron chi connectivity index (χ2n) is 6.95. The molecule has 160 valence electrons. The van der Waals surface area contributed by atoms with Gasteiger partial charge in [0.15, 0.2) is 0 Å². The number of carbonyl (C=O) groups is 2. The number of benzene rings is 2. The van der Waals surface area contributed by atoms with E-state index in [9.17, 15) is 18.4 Å². The Morgan fingerprint density at radius 2 is 2.00 bits per heavy atom. The zero-order chi connectivity index (χ0) is 22.0. The van der Waals surface area contributed by atoms with Gasteiger partial charge in [-0.05, 0) is 54.8 Å². The largest absolute Gasteiger partial charge is 0.443 e. The summed E-state index contributed by atoms with van der Waals surface area (Å²) < 4.78 is 33.0. The predicted octanol–water partition coefficient (Wildman–Crippen LogP) is 4.51. The molecule has 0 saturated carbocycles. The van der Waals surface area contributed by atoms with Crippen LogP contribution in [0.15, 0.2) is 42.6 Å². The highest BCUT2D eigenvalue weighted by Crippen LogP contribution is 2.36. The molecule has 0 aliphatic heterocycles. The van der Waals surface area contributed by atoms with E-state index in [1.807, 2.05) is 0 Å². The SMILES string of the molecule is O=C(N[C@H]1CCc2c(C(=O)Nc3ccc(F)c(Cl)c3)ccc(F)c21)OCc1cc[nH]n1. The molecule has 1 aromatic heterocycles. The highest BCUT2D eigenvalue weighted by atomic mass is 35.5. The van der Waals surface area contributed by atoms with Crippen molar-refractivity contribution in [3.8, 4) is 0 Å². The van der Waals surface area contributed by atoms with Gasteiger partial charge in [0.1, 0.15) is 18.2 Å². The first-order valence-electron chi connectivity index (χ1n) is 9.42. The van der Waals surface area contributed by atoms with E-state index in [2.05, 4.69) is 20.8 Å². The molecule has 10 heteroatoms. The van der Waals surface area contributed by atoms with E-state index in [0.29, 0.717) is 29.8 Å². The minimum absolute atomic E-state index is 0.0277. The van der Waals surface area contributed by atoms with E-state index >= 15 is 0 Å². The third-order valence-corrected chi connectivity index (χ3v) is 5.25. The van der Waals surface area contributed by atoms with Crippen LogP contribution in [-0.2, 0) is 17.8 Å². The van der Waals surface area contributed by atoms with E-state index < -0.39 is 29.7 Å². The maximum absolute atomic E-state index is 14.6. The van der Waals surface area contributed by atoms with Gasteiger partial charge in [-0.1, -0.05) is 11.6 Å². The topological polar surface area (TPSA) is 96.1 Å². The number of aromatic amines is 1. The van der Waals surface area contributed by atoms with Gasteiger partial charge in [-0.2, -0.15) is 5.10 Å². The van der Waals surface area contributed by atoms with Crippen molar-refractivity contribution in [2.75, 3.05) is 5.32 Å². The number of nitrogens with zero attached hydrogens (tertiary/aromatic N) is 1. The van der Waals surface area contributed by atoms with Gasteiger partial charge >= 0.3 is 6.09 Å². The molecule has 1 heterocycles. The summed E-state index contributed by atoms with van der Waals surface area (Å²) in [6.45, 7) is -0.0277. The number of aromatic nitrogens is 2. The van der Waals surface area contributed by atoms with Crippen LogP contribution in [0, 0.1) is 11.6 Å². The van der Waals surface area contributed by atoms with Crippen molar-refractivity contribution in [2.24, 2.45) is 0 Å². The number of rotatable bonds is 5. The zero-order valence-electron chi connectivity index (χ0n) is 16.0. The third-order valence-electron chi connectivity index (χ3n) is 4.96. The standard InChI is InChI=1S/C21H17ClF2N4O3/c22-15-9-11(1-4-16(15)23)26-20(29)14-2-5-17(24)19-13(14)3-6-18(19)27-21(30)31-10-12-7-8-25-28-12/h1-2,4-5,7-9,18H,3,6,10H2,(H,25,28)(H,26,29)(H,27,30)/t18-/m0/s1. The van der Waals surface area contributed by atoms with Gasteiger partial charge in [-0.3, -0.25) is 9.89 Å². The number of H-pyrrole nitrogens is 1. The fraction of sp³-hybridized carbons (Fsp3) is 0.190. The van der Waals surface area contributed by atoms with Crippen molar-refractivity contribution < 1.29 is 23.1 Å². The van der Waals surface area contributed by atoms with E-state index in [-0.39, 0.29) is 22.8 Å². The van der Waals surface area contributed by atoms with Gasteiger partial charge in [0.05, 0.1) is 16.8 Å². The maximum Gasteiger partial charge on any atom is 0.408 e. The number of hydrogen-bond acceptors (Lipinski definition) is 4. The molecule has 3 aromatic rings. The Morgan fingerprint density at radius 3 is 2.74 bits per heavy atom. The first-order chi connectivity index (χ1) is 14.9. The zero-order valence-corrected chi connectivity index (χ0v) is 16.8. The molecule has 4 rings (SSSR count). The average molecular weight is 447 g/mol. The van der Waals surface area contributed by atoms with Crippen molar-refractivity contribution in [1.29, 1.82) is 0 Å². The monoisotopic (exact) mass is 446 g/mol. The van der Waals surface area contributed by atoms with Gasteiger partial charge in [0.2, 0.25) is 0 Å². The molecule has 2 aromatic carbocycles. The van der Waals surface area contributed by atoms with Crippen LogP contribution in [0.1, 0.15) is 39.6 Å². The molecule has 1 aliphatic carbocycles. The Kier molecular flexibility index (Phi) is 5.85. The van der Waals surface area contributed by atoms with Gasteiger partial charge < -0.3 is 15.4 Å². The lowest BCUT2D eigenvalue weighted by atomic mass is 10.0. The van der Waals surface area contributed by atoms with Crippen LogP contribution in [0.5, 0.6) is 0 Å². The summed E-state index contributed by atoms with van der Waals surface area (Å²) in [4.78, 5) is 24.9. The minimum atomic E-state index is -0.712. The molecule has 3 N–H and O–H groups in total. The second-order valence-corrected chi connectivity index (χ2v) is 7.35. The molecule has 0 fully saturated rings. The smallest absolute Gasteiger partial charge is 0.408 e. The van der Waals surface area contributed by atoms with Gasteiger partial charge in [0.25, 0.3) is 5.91 Å². The molecule has 7 nitrogen and oxygen atoms in total. The van der Waals surface area contributed by atoms with E-state index in [4.69, 9.17) is 16.3 Å². The van der Waals surface area contributed by atoms with E-state index in [1.165, 1.54) is 24.3 Å². The molecule has 0 unspecified atom stereocenters. The molecular weight excluding hydrogens is 430 g/mol. The average Bonchev–Trinajstić information content (AvgIpc) is 3.40. The van der Waals surface area contributed by atoms with Gasteiger partial charge in [-0.15, -0.1) is 0 Å².